The van der Waals surface area contributed by atoms with E-state index < -0.39 is 0 Å². The standard InChI is InChI=1S/C7H10O2/c1-5-6(8)3-4-7(5)9-2/h3-5,7H,1-2H3. The van der Waals surface area contributed by atoms with Gasteiger partial charge in [-0.1, -0.05) is 13.0 Å². The normalized spacial score (nSPS) is 33.8. The van der Waals surface area contributed by atoms with Crippen LogP contribution >= 0.6 is 0 Å². The lowest BCUT2D eigenvalue weighted by Crippen LogP contribution is -2.18. The van der Waals surface area contributed by atoms with Crippen molar-refractivity contribution in [1.29, 1.82) is 0 Å². The van der Waals surface area contributed by atoms with Gasteiger partial charge >= 0.3 is 0 Å². The first-order valence-electron chi connectivity index (χ1n) is 3.00. The molecule has 0 fully saturated rings. The van der Waals surface area contributed by atoms with Crippen LogP contribution in [0.15, 0.2) is 12.2 Å². The molecule has 0 heterocycles. The minimum atomic E-state index is 0.0116. The SMILES string of the molecule is COC1C=CC(=O)C1C. The summed E-state index contributed by atoms with van der Waals surface area (Å²) in [4.78, 5) is 10.8. The topological polar surface area (TPSA) is 26.3 Å². The number of ketones is 1. The Hall–Kier alpha value is -0.630. The van der Waals surface area contributed by atoms with Gasteiger partial charge in [-0.15, -0.1) is 0 Å². The van der Waals surface area contributed by atoms with Gasteiger partial charge in [0.1, 0.15) is 0 Å². The van der Waals surface area contributed by atoms with E-state index >= 15 is 0 Å². The highest BCUT2D eigenvalue weighted by Gasteiger charge is 2.24. The molecule has 0 N–H and O–H groups in total. The van der Waals surface area contributed by atoms with Crippen molar-refractivity contribution in [2.75, 3.05) is 7.11 Å². The zero-order chi connectivity index (χ0) is 6.85. The average Bonchev–Trinajstić information content (AvgIpc) is 2.15. The Morgan fingerprint density at radius 1 is 1.67 bits per heavy atom. The summed E-state index contributed by atoms with van der Waals surface area (Å²) in [6.45, 7) is 1.87. The fourth-order valence-electron chi connectivity index (χ4n) is 0.953. The third-order valence-electron chi connectivity index (χ3n) is 1.66. The maximum atomic E-state index is 10.8. The molecule has 50 valence electrons. The molecule has 2 nitrogen and oxygen atoms in total. The quantitative estimate of drug-likeness (QED) is 0.519. The third-order valence-corrected chi connectivity index (χ3v) is 1.66. The predicted octanol–water partition coefficient (Wildman–Crippen LogP) is 0.776. The van der Waals surface area contributed by atoms with Gasteiger partial charge in [0.25, 0.3) is 0 Å². The predicted molar refractivity (Wildman–Crippen MR) is 34.1 cm³/mol. The summed E-state index contributed by atoms with van der Waals surface area (Å²) in [6, 6.07) is 0. The molecular formula is C7H10O2. The molecule has 0 aromatic carbocycles. The van der Waals surface area contributed by atoms with Crippen molar-refractivity contribution in [2.24, 2.45) is 5.92 Å². The average molecular weight is 126 g/mol. The number of hydrogen-bond donors (Lipinski definition) is 0. The van der Waals surface area contributed by atoms with Gasteiger partial charge in [0, 0.05) is 13.0 Å². The third kappa shape index (κ3) is 1.03. The molecule has 1 aliphatic rings. The van der Waals surface area contributed by atoms with Crippen molar-refractivity contribution in [3.8, 4) is 0 Å². The smallest absolute Gasteiger partial charge is 0.161 e. The van der Waals surface area contributed by atoms with Crippen molar-refractivity contribution in [1.82, 2.24) is 0 Å². The Labute approximate surface area is 54.5 Å². The van der Waals surface area contributed by atoms with Gasteiger partial charge in [0.05, 0.1) is 6.10 Å². The number of allylic oxidation sites excluding steroid dienone is 1. The van der Waals surface area contributed by atoms with Gasteiger partial charge in [0.15, 0.2) is 5.78 Å². The summed E-state index contributed by atoms with van der Waals surface area (Å²) in [6.07, 6.45) is 3.39. The molecule has 0 spiro atoms. The Balaban J connectivity index is 2.62. The van der Waals surface area contributed by atoms with Crippen LogP contribution in [0, 0.1) is 5.92 Å². The maximum Gasteiger partial charge on any atom is 0.161 e. The minimum absolute atomic E-state index is 0.0116. The van der Waals surface area contributed by atoms with Crippen LogP contribution in [0.2, 0.25) is 0 Å². The number of carbonyl (C=O) groups is 1. The molecule has 0 aromatic rings. The molecular weight excluding hydrogens is 116 g/mol. The van der Waals surface area contributed by atoms with Gasteiger partial charge in [-0.25, -0.2) is 0 Å². The first-order chi connectivity index (χ1) is 4.25. The van der Waals surface area contributed by atoms with E-state index in [9.17, 15) is 4.79 Å². The molecule has 1 rings (SSSR count). The number of carbonyl (C=O) groups excluding carboxylic acids is 1. The van der Waals surface area contributed by atoms with Gasteiger partial charge in [-0.2, -0.15) is 0 Å². The van der Waals surface area contributed by atoms with E-state index in [2.05, 4.69) is 0 Å². The summed E-state index contributed by atoms with van der Waals surface area (Å²) in [5.74, 6) is 0.192. The van der Waals surface area contributed by atoms with Crippen LogP contribution < -0.4 is 0 Å². The lowest BCUT2D eigenvalue weighted by Gasteiger charge is -2.09. The van der Waals surface area contributed by atoms with Crippen LogP contribution in [0.4, 0.5) is 0 Å². The molecule has 0 bridgehead atoms. The molecule has 0 radical (unpaired) electrons. The largest absolute Gasteiger partial charge is 0.377 e. The summed E-state index contributed by atoms with van der Waals surface area (Å²) < 4.78 is 4.99. The summed E-state index contributed by atoms with van der Waals surface area (Å²) >= 11 is 0. The summed E-state index contributed by atoms with van der Waals surface area (Å²) in [7, 11) is 1.62. The molecule has 0 saturated carbocycles. The van der Waals surface area contributed by atoms with Gasteiger partial charge in [-0.05, 0) is 6.08 Å². The second-order valence-electron chi connectivity index (χ2n) is 2.25. The lowest BCUT2D eigenvalue weighted by atomic mass is 10.1. The molecule has 2 atom stereocenters. The lowest BCUT2D eigenvalue weighted by molar-refractivity contribution is -0.119. The van der Waals surface area contributed by atoms with Crippen LogP contribution in [0.25, 0.3) is 0 Å². The molecule has 0 saturated heterocycles. The van der Waals surface area contributed by atoms with Crippen LogP contribution in [-0.4, -0.2) is 19.0 Å². The number of hydrogen-bond acceptors (Lipinski definition) is 2. The Morgan fingerprint density at radius 2 is 2.33 bits per heavy atom. The van der Waals surface area contributed by atoms with Gasteiger partial charge in [0.2, 0.25) is 0 Å². The first-order valence-corrected chi connectivity index (χ1v) is 3.00. The van der Waals surface area contributed by atoms with E-state index in [1.807, 2.05) is 6.92 Å². The number of ether oxygens (including phenoxy) is 1. The zero-order valence-corrected chi connectivity index (χ0v) is 5.63. The van der Waals surface area contributed by atoms with Crippen molar-refractivity contribution < 1.29 is 9.53 Å². The van der Waals surface area contributed by atoms with E-state index in [-0.39, 0.29) is 17.8 Å². The van der Waals surface area contributed by atoms with Crippen LogP contribution in [0.1, 0.15) is 6.92 Å². The van der Waals surface area contributed by atoms with Crippen molar-refractivity contribution in [2.45, 2.75) is 13.0 Å². The van der Waals surface area contributed by atoms with Crippen LogP contribution in [0.5, 0.6) is 0 Å². The Morgan fingerprint density at radius 3 is 2.56 bits per heavy atom. The van der Waals surface area contributed by atoms with E-state index in [1.165, 1.54) is 0 Å². The fraction of sp³-hybridized carbons (Fsp3) is 0.571. The highest BCUT2D eigenvalue weighted by Crippen LogP contribution is 2.16. The van der Waals surface area contributed by atoms with Crippen LogP contribution in [0.3, 0.4) is 0 Å². The molecule has 9 heavy (non-hydrogen) atoms. The highest BCUT2D eigenvalue weighted by atomic mass is 16.5. The second kappa shape index (κ2) is 2.31. The Bertz CT molecular complexity index is 149. The van der Waals surface area contributed by atoms with Gasteiger partial charge in [-0.3, -0.25) is 4.79 Å². The highest BCUT2D eigenvalue weighted by molar-refractivity contribution is 5.94. The molecule has 2 heteroatoms. The van der Waals surface area contributed by atoms with E-state index in [0.717, 1.165) is 0 Å². The molecule has 1 aliphatic carbocycles. The number of methoxy groups -OCH3 is 1. The molecule has 0 aromatic heterocycles. The fourth-order valence-corrected chi connectivity index (χ4v) is 0.953. The maximum absolute atomic E-state index is 10.8. The summed E-state index contributed by atoms with van der Waals surface area (Å²) in [5, 5.41) is 0. The van der Waals surface area contributed by atoms with Crippen molar-refractivity contribution >= 4 is 5.78 Å². The summed E-state index contributed by atoms with van der Waals surface area (Å²) in [5.41, 5.74) is 0. The van der Waals surface area contributed by atoms with Crippen molar-refractivity contribution in [3.05, 3.63) is 12.2 Å². The Kier molecular flexibility index (Phi) is 1.67. The number of rotatable bonds is 1. The van der Waals surface area contributed by atoms with Gasteiger partial charge < -0.3 is 4.74 Å². The minimum Gasteiger partial charge on any atom is -0.377 e. The van der Waals surface area contributed by atoms with E-state index in [4.69, 9.17) is 4.74 Å². The van der Waals surface area contributed by atoms with Crippen LogP contribution in [-0.2, 0) is 9.53 Å². The molecule has 0 amide bonds. The first kappa shape index (κ1) is 6.49. The molecule has 2 unspecified atom stereocenters. The van der Waals surface area contributed by atoms with E-state index in [0.29, 0.717) is 0 Å². The monoisotopic (exact) mass is 126 g/mol. The zero-order valence-electron chi connectivity index (χ0n) is 5.63. The molecule has 0 aliphatic heterocycles. The van der Waals surface area contributed by atoms with Crippen molar-refractivity contribution in [3.63, 3.8) is 0 Å². The van der Waals surface area contributed by atoms with E-state index in [1.54, 1.807) is 19.3 Å². The second-order valence-corrected chi connectivity index (χ2v) is 2.25.